The molecule has 0 nitrogen and oxygen atoms in total. The van der Waals surface area contributed by atoms with E-state index in [1.165, 1.54) is 24.2 Å². The molecule has 2 fully saturated rings. The normalized spacial score (nSPS) is 46.6. The van der Waals surface area contributed by atoms with Gasteiger partial charge < -0.3 is 0 Å². The van der Waals surface area contributed by atoms with E-state index in [0.717, 1.165) is 5.92 Å². The molecule has 0 aromatic rings. The lowest BCUT2D eigenvalue weighted by atomic mass is 9.88. The van der Waals surface area contributed by atoms with E-state index >= 15 is 0 Å². The van der Waals surface area contributed by atoms with Gasteiger partial charge in [0.25, 0.3) is 0 Å². The standard InChI is InChI=1S/C10H20P/c1-4-8-6-5-7-9-10(8)11(9,2)3/h8-10H,4-7H2,1-3H3/q+1. The number of hydrogen-bond acceptors (Lipinski definition) is 0. The van der Waals surface area contributed by atoms with E-state index in [9.17, 15) is 0 Å². The Kier molecular flexibility index (Phi) is 1.80. The van der Waals surface area contributed by atoms with Crippen LogP contribution in [0.2, 0.25) is 0 Å². The van der Waals surface area contributed by atoms with Crippen molar-refractivity contribution in [3.8, 4) is 0 Å². The Morgan fingerprint density at radius 1 is 1.27 bits per heavy atom. The Labute approximate surface area is 71.1 Å². The molecule has 2 rings (SSSR count). The first-order valence-corrected chi connectivity index (χ1v) is 7.83. The molecule has 11 heavy (non-hydrogen) atoms. The molecule has 3 unspecified atom stereocenters. The maximum Gasteiger partial charge on any atom is 0.108 e. The van der Waals surface area contributed by atoms with Crippen molar-refractivity contribution >= 4 is 7.26 Å². The van der Waals surface area contributed by atoms with Crippen molar-refractivity contribution < 1.29 is 0 Å². The van der Waals surface area contributed by atoms with Crippen molar-refractivity contribution in [3.05, 3.63) is 0 Å². The molecular formula is C10H20P+. The third-order valence-corrected chi connectivity index (χ3v) is 8.27. The summed E-state index contributed by atoms with van der Waals surface area (Å²) < 4.78 is 0. The van der Waals surface area contributed by atoms with Crippen LogP contribution in [0.25, 0.3) is 0 Å². The van der Waals surface area contributed by atoms with Gasteiger partial charge in [0, 0.05) is 20.6 Å². The minimum absolute atomic E-state index is 0.369. The molecule has 0 bridgehead atoms. The van der Waals surface area contributed by atoms with Crippen molar-refractivity contribution in [2.24, 2.45) is 5.92 Å². The van der Waals surface area contributed by atoms with Crippen molar-refractivity contribution in [2.45, 2.75) is 43.9 Å². The van der Waals surface area contributed by atoms with E-state index < -0.39 is 0 Å². The van der Waals surface area contributed by atoms with Crippen LogP contribution in [-0.4, -0.2) is 24.6 Å². The summed E-state index contributed by atoms with van der Waals surface area (Å²) in [6.45, 7) is 7.54. The first-order valence-electron chi connectivity index (χ1n) is 5.01. The first kappa shape index (κ1) is 8.05. The molecule has 0 spiro atoms. The lowest BCUT2D eigenvalue weighted by Gasteiger charge is -2.14. The molecule has 1 heteroatoms. The molecule has 2 aliphatic rings. The van der Waals surface area contributed by atoms with Crippen LogP contribution in [0, 0.1) is 5.92 Å². The van der Waals surface area contributed by atoms with Gasteiger partial charge in [0.1, 0.15) is 11.3 Å². The highest BCUT2D eigenvalue weighted by molar-refractivity contribution is 7.83. The highest BCUT2D eigenvalue weighted by Crippen LogP contribution is 2.84. The lowest BCUT2D eigenvalue weighted by Crippen LogP contribution is -2.14. The minimum atomic E-state index is -0.369. The number of fused-ring (bicyclic) bond motifs is 1. The molecule has 3 atom stereocenters. The number of rotatable bonds is 1. The molecule has 0 aromatic carbocycles. The Balaban J connectivity index is 2.07. The van der Waals surface area contributed by atoms with E-state index in [0.29, 0.717) is 0 Å². The summed E-state index contributed by atoms with van der Waals surface area (Å²) in [6, 6.07) is 0. The Hall–Kier alpha value is 0.430. The van der Waals surface area contributed by atoms with Crippen LogP contribution in [0.15, 0.2) is 0 Å². The number of hydrogen-bond donors (Lipinski definition) is 0. The fraction of sp³-hybridized carbons (Fsp3) is 1.00. The van der Waals surface area contributed by atoms with Crippen LogP contribution in [0.5, 0.6) is 0 Å². The molecule has 0 amide bonds. The monoisotopic (exact) mass is 171 g/mol. The minimum Gasteiger partial charge on any atom is -0.0650 e. The van der Waals surface area contributed by atoms with Gasteiger partial charge in [-0.25, -0.2) is 0 Å². The van der Waals surface area contributed by atoms with Gasteiger partial charge in [-0.1, -0.05) is 6.92 Å². The van der Waals surface area contributed by atoms with Crippen molar-refractivity contribution in [2.75, 3.05) is 13.3 Å². The van der Waals surface area contributed by atoms with Gasteiger partial charge >= 0.3 is 0 Å². The van der Waals surface area contributed by atoms with E-state index in [1.54, 1.807) is 12.8 Å². The largest absolute Gasteiger partial charge is 0.108 e. The Morgan fingerprint density at radius 2 is 2.00 bits per heavy atom. The predicted molar refractivity (Wildman–Crippen MR) is 54.0 cm³/mol. The molecule has 64 valence electrons. The Morgan fingerprint density at radius 3 is 2.55 bits per heavy atom. The summed E-state index contributed by atoms with van der Waals surface area (Å²) >= 11 is 0. The SMILES string of the molecule is CCC1CCCC2C1[P+]2(C)C. The van der Waals surface area contributed by atoms with Crippen LogP contribution in [0.1, 0.15) is 32.6 Å². The van der Waals surface area contributed by atoms with Gasteiger partial charge in [0.2, 0.25) is 0 Å². The van der Waals surface area contributed by atoms with Crippen LogP contribution >= 0.6 is 7.26 Å². The van der Waals surface area contributed by atoms with E-state index in [1.807, 2.05) is 0 Å². The molecule has 0 aromatic heterocycles. The average molecular weight is 171 g/mol. The molecule has 0 radical (unpaired) electrons. The van der Waals surface area contributed by atoms with E-state index in [2.05, 4.69) is 20.3 Å². The highest BCUT2D eigenvalue weighted by atomic mass is 31.2. The summed E-state index contributed by atoms with van der Waals surface area (Å²) in [6.07, 6.45) is 6.09. The Bertz CT molecular complexity index is 162. The summed E-state index contributed by atoms with van der Waals surface area (Å²) in [5, 5.41) is 0. The molecule has 1 heterocycles. The molecule has 1 saturated heterocycles. The molecule has 1 aliphatic heterocycles. The van der Waals surface area contributed by atoms with Gasteiger partial charge in [-0.05, 0) is 31.6 Å². The summed E-state index contributed by atoms with van der Waals surface area (Å²) in [7, 11) is -0.369. The maximum atomic E-state index is 2.58. The van der Waals surface area contributed by atoms with Crippen molar-refractivity contribution in [1.82, 2.24) is 0 Å². The quantitative estimate of drug-likeness (QED) is 0.531. The lowest BCUT2D eigenvalue weighted by molar-refractivity contribution is 0.400. The second-order valence-corrected chi connectivity index (χ2v) is 9.30. The van der Waals surface area contributed by atoms with Crippen molar-refractivity contribution in [1.29, 1.82) is 0 Å². The zero-order valence-electron chi connectivity index (χ0n) is 8.01. The second kappa shape index (κ2) is 2.46. The molecule has 1 saturated carbocycles. The highest BCUT2D eigenvalue weighted by Gasteiger charge is 2.69. The topological polar surface area (TPSA) is 0 Å². The van der Waals surface area contributed by atoms with Crippen LogP contribution in [0.4, 0.5) is 0 Å². The molecule has 0 N–H and O–H groups in total. The van der Waals surface area contributed by atoms with Crippen LogP contribution in [0.3, 0.4) is 0 Å². The first-order chi connectivity index (χ1) is 5.18. The summed E-state index contributed by atoms with van der Waals surface area (Å²) in [4.78, 5) is 0. The average Bonchev–Trinajstić information content (AvgIpc) is 2.56. The molecule has 1 aliphatic carbocycles. The van der Waals surface area contributed by atoms with Gasteiger partial charge in [-0.2, -0.15) is 0 Å². The van der Waals surface area contributed by atoms with Gasteiger partial charge in [0.05, 0.1) is 0 Å². The van der Waals surface area contributed by atoms with Gasteiger partial charge in [-0.3, -0.25) is 0 Å². The fourth-order valence-corrected chi connectivity index (χ4v) is 8.12. The van der Waals surface area contributed by atoms with Crippen molar-refractivity contribution in [3.63, 3.8) is 0 Å². The summed E-state index contributed by atoms with van der Waals surface area (Å²) in [5.74, 6) is 1.12. The fourth-order valence-electron chi connectivity index (χ4n) is 3.25. The van der Waals surface area contributed by atoms with Gasteiger partial charge in [0.15, 0.2) is 0 Å². The van der Waals surface area contributed by atoms with E-state index in [-0.39, 0.29) is 7.26 Å². The maximum absolute atomic E-state index is 2.58. The van der Waals surface area contributed by atoms with Crippen LogP contribution in [-0.2, 0) is 0 Å². The molecular weight excluding hydrogens is 151 g/mol. The third-order valence-electron chi connectivity index (χ3n) is 4.01. The summed E-state index contributed by atoms with van der Waals surface area (Å²) in [5.41, 5.74) is 2.42. The van der Waals surface area contributed by atoms with Crippen LogP contribution < -0.4 is 0 Å². The third kappa shape index (κ3) is 1.06. The predicted octanol–water partition coefficient (Wildman–Crippen LogP) is 3.22. The zero-order valence-corrected chi connectivity index (χ0v) is 8.90. The zero-order chi connectivity index (χ0) is 8.06. The van der Waals surface area contributed by atoms with E-state index in [4.69, 9.17) is 0 Å². The van der Waals surface area contributed by atoms with Gasteiger partial charge in [-0.15, -0.1) is 0 Å². The smallest absolute Gasteiger partial charge is 0.0650 e. The second-order valence-electron chi connectivity index (χ2n) is 4.79.